The van der Waals surface area contributed by atoms with Crippen LogP contribution < -0.4 is 5.32 Å². The molecule has 0 aromatic heterocycles. The maximum Gasteiger partial charge on any atom is 0.408 e. The molecule has 0 aliphatic heterocycles. The zero-order valence-electron chi connectivity index (χ0n) is 9.30. The summed E-state index contributed by atoms with van der Waals surface area (Å²) < 4.78 is 4.85. The van der Waals surface area contributed by atoms with Gasteiger partial charge in [0.25, 0.3) is 0 Å². The number of nitrogens with zero attached hydrogens (tertiary/aromatic N) is 3. The predicted molar refractivity (Wildman–Crippen MR) is 54.8 cm³/mol. The third-order valence-corrected chi connectivity index (χ3v) is 1.32. The Hall–Kier alpha value is -1.95. The number of hydrogen-bond acceptors (Lipinski definition) is 4. The molecule has 0 unspecified atom stereocenters. The molecule has 8 heteroatoms. The fourth-order valence-electron chi connectivity index (χ4n) is 0.753. The second-order valence-electron chi connectivity index (χ2n) is 3.95. The van der Waals surface area contributed by atoms with Crippen molar-refractivity contribution in [1.29, 1.82) is 0 Å². The Bertz CT molecular complexity index is 316. The highest BCUT2D eigenvalue weighted by Crippen LogP contribution is 2.06. The maximum atomic E-state index is 11.2. The zero-order chi connectivity index (χ0) is 12.8. The van der Waals surface area contributed by atoms with Crippen molar-refractivity contribution in [3.63, 3.8) is 0 Å². The molecular formula is C8H14N4O4. The van der Waals surface area contributed by atoms with Crippen molar-refractivity contribution in [3.05, 3.63) is 10.4 Å². The number of rotatable bonds is 4. The van der Waals surface area contributed by atoms with E-state index in [1.807, 2.05) is 0 Å². The van der Waals surface area contributed by atoms with Gasteiger partial charge in [-0.3, -0.25) is 0 Å². The van der Waals surface area contributed by atoms with E-state index in [0.717, 1.165) is 0 Å². The molecule has 0 aliphatic carbocycles. The van der Waals surface area contributed by atoms with Gasteiger partial charge in [-0.15, -0.1) is 0 Å². The van der Waals surface area contributed by atoms with Crippen LogP contribution in [-0.4, -0.2) is 35.4 Å². The summed E-state index contributed by atoms with van der Waals surface area (Å²) in [5.74, 6) is -1.29. The van der Waals surface area contributed by atoms with Gasteiger partial charge in [0.2, 0.25) is 0 Å². The van der Waals surface area contributed by atoms with Gasteiger partial charge in [0.1, 0.15) is 11.6 Å². The number of amides is 1. The van der Waals surface area contributed by atoms with E-state index in [1.54, 1.807) is 20.8 Å². The van der Waals surface area contributed by atoms with Gasteiger partial charge in [-0.05, 0) is 26.3 Å². The lowest BCUT2D eigenvalue weighted by atomic mass is 10.2. The minimum atomic E-state index is -1.29. The Labute approximate surface area is 92.2 Å². The van der Waals surface area contributed by atoms with Gasteiger partial charge >= 0.3 is 12.1 Å². The Kier molecular flexibility index (Phi) is 5.11. The monoisotopic (exact) mass is 230 g/mol. The summed E-state index contributed by atoms with van der Waals surface area (Å²) in [5.41, 5.74) is 7.32. The van der Waals surface area contributed by atoms with Crippen LogP contribution in [0.5, 0.6) is 0 Å². The molecule has 0 heterocycles. The molecule has 0 aromatic rings. The maximum absolute atomic E-state index is 11.2. The number of carboxylic acid groups (broad SMARTS) is 1. The number of carbonyl (C=O) groups excluding carboxylic acids is 1. The first kappa shape index (κ1) is 14.1. The van der Waals surface area contributed by atoms with Crippen molar-refractivity contribution >= 4 is 12.1 Å². The first-order chi connectivity index (χ1) is 7.26. The molecule has 0 aliphatic rings. The summed E-state index contributed by atoms with van der Waals surface area (Å²) >= 11 is 0. The highest BCUT2D eigenvalue weighted by Gasteiger charge is 2.23. The van der Waals surface area contributed by atoms with Gasteiger partial charge in [-0.1, -0.05) is 5.11 Å². The number of hydrogen-bond donors (Lipinski definition) is 2. The summed E-state index contributed by atoms with van der Waals surface area (Å²) in [4.78, 5) is 24.3. The average molecular weight is 230 g/mol. The summed E-state index contributed by atoms with van der Waals surface area (Å²) in [7, 11) is 0. The van der Waals surface area contributed by atoms with E-state index in [9.17, 15) is 9.59 Å². The van der Waals surface area contributed by atoms with Crippen LogP contribution in [0.1, 0.15) is 20.8 Å². The SMILES string of the molecule is CC(C)(C)OC(=O)N[C@@H](CN=[N+]=[N-])C(=O)O. The lowest BCUT2D eigenvalue weighted by Gasteiger charge is -2.21. The topological polar surface area (TPSA) is 124 Å². The first-order valence-electron chi connectivity index (χ1n) is 4.49. The molecule has 0 bridgehead atoms. The molecule has 0 spiro atoms. The molecule has 0 saturated heterocycles. The molecule has 16 heavy (non-hydrogen) atoms. The minimum absolute atomic E-state index is 0.370. The second kappa shape index (κ2) is 5.82. The number of carbonyl (C=O) groups is 2. The summed E-state index contributed by atoms with van der Waals surface area (Å²) in [6.07, 6.45) is -0.868. The summed E-state index contributed by atoms with van der Waals surface area (Å²) in [5, 5.41) is 13.8. The predicted octanol–water partition coefficient (Wildman–Crippen LogP) is 1.27. The van der Waals surface area contributed by atoms with Gasteiger partial charge in [0, 0.05) is 4.91 Å². The van der Waals surface area contributed by atoms with Crippen LogP contribution in [0.2, 0.25) is 0 Å². The van der Waals surface area contributed by atoms with E-state index >= 15 is 0 Å². The molecule has 0 fully saturated rings. The van der Waals surface area contributed by atoms with Crippen LogP contribution in [-0.2, 0) is 9.53 Å². The van der Waals surface area contributed by atoms with Crippen molar-refractivity contribution in [2.75, 3.05) is 6.54 Å². The second-order valence-corrected chi connectivity index (χ2v) is 3.95. The van der Waals surface area contributed by atoms with Crippen LogP contribution in [0.15, 0.2) is 5.11 Å². The fraction of sp³-hybridized carbons (Fsp3) is 0.750. The van der Waals surface area contributed by atoms with Crippen molar-refractivity contribution in [2.45, 2.75) is 32.4 Å². The van der Waals surface area contributed by atoms with E-state index in [0.29, 0.717) is 0 Å². The number of ether oxygens (including phenoxy) is 1. The number of aliphatic carboxylic acids is 1. The van der Waals surface area contributed by atoms with Gasteiger partial charge < -0.3 is 15.2 Å². The van der Waals surface area contributed by atoms with Crippen molar-refractivity contribution in [3.8, 4) is 0 Å². The van der Waals surface area contributed by atoms with Crippen LogP contribution in [0.4, 0.5) is 4.79 Å². The van der Waals surface area contributed by atoms with Crippen LogP contribution in [0, 0.1) is 0 Å². The molecular weight excluding hydrogens is 216 g/mol. The van der Waals surface area contributed by atoms with Gasteiger partial charge in [0.15, 0.2) is 0 Å². The van der Waals surface area contributed by atoms with Gasteiger partial charge in [-0.25, -0.2) is 9.59 Å². The average Bonchev–Trinajstić information content (AvgIpc) is 2.08. The van der Waals surface area contributed by atoms with E-state index in [2.05, 4.69) is 15.3 Å². The van der Waals surface area contributed by atoms with Crippen molar-refractivity contribution in [1.82, 2.24) is 5.32 Å². The standard InChI is InChI=1S/C8H14N4O4/c1-8(2,3)16-7(15)11-5(6(13)14)4-10-12-9/h5H,4H2,1-3H3,(H,11,15)(H,13,14)/t5-/m0/s1. The number of azide groups is 1. The molecule has 1 amide bonds. The Morgan fingerprint density at radius 3 is 2.50 bits per heavy atom. The molecule has 2 N–H and O–H groups in total. The molecule has 8 nitrogen and oxygen atoms in total. The molecule has 90 valence electrons. The molecule has 1 atom stereocenters. The Morgan fingerprint density at radius 1 is 1.56 bits per heavy atom. The van der Waals surface area contributed by atoms with E-state index in [4.69, 9.17) is 15.4 Å². The smallest absolute Gasteiger partial charge is 0.408 e. The number of alkyl carbamates (subject to hydrolysis) is 1. The molecule has 0 saturated carbocycles. The number of nitrogens with one attached hydrogen (secondary N) is 1. The lowest BCUT2D eigenvalue weighted by molar-refractivity contribution is -0.139. The molecule has 0 rings (SSSR count). The molecule has 0 aromatic carbocycles. The molecule has 0 radical (unpaired) electrons. The van der Waals surface area contributed by atoms with Crippen LogP contribution in [0.25, 0.3) is 10.4 Å². The van der Waals surface area contributed by atoms with Gasteiger partial charge in [0.05, 0.1) is 6.54 Å². The van der Waals surface area contributed by atoms with E-state index in [-0.39, 0.29) is 6.54 Å². The van der Waals surface area contributed by atoms with Crippen molar-refractivity contribution in [2.24, 2.45) is 5.11 Å². The zero-order valence-corrected chi connectivity index (χ0v) is 9.30. The highest BCUT2D eigenvalue weighted by atomic mass is 16.6. The third kappa shape index (κ3) is 6.50. The first-order valence-corrected chi connectivity index (χ1v) is 4.49. The van der Waals surface area contributed by atoms with Crippen LogP contribution in [0.3, 0.4) is 0 Å². The minimum Gasteiger partial charge on any atom is -0.480 e. The largest absolute Gasteiger partial charge is 0.480 e. The van der Waals surface area contributed by atoms with E-state index in [1.165, 1.54) is 0 Å². The summed E-state index contributed by atoms with van der Waals surface area (Å²) in [6.45, 7) is 4.58. The highest BCUT2D eigenvalue weighted by molar-refractivity contribution is 5.80. The normalized spacial score (nSPS) is 12.2. The van der Waals surface area contributed by atoms with Crippen LogP contribution >= 0.6 is 0 Å². The Morgan fingerprint density at radius 2 is 2.12 bits per heavy atom. The lowest BCUT2D eigenvalue weighted by Crippen LogP contribution is -2.45. The van der Waals surface area contributed by atoms with E-state index < -0.39 is 23.7 Å². The van der Waals surface area contributed by atoms with Crippen molar-refractivity contribution < 1.29 is 19.4 Å². The summed E-state index contributed by atoms with van der Waals surface area (Å²) in [6, 6.07) is -1.29. The quantitative estimate of drug-likeness (QED) is 0.428. The van der Waals surface area contributed by atoms with Gasteiger partial charge in [-0.2, -0.15) is 0 Å². The third-order valence-electron chi connectivity index (χ3n) is 1.32. The fourth-order valence-corrected chi connectivity index (χ4v) is 0.753. The Balaban J connectivity index is 4.35. The number of carboxylic acids is 1.